The molecule has 0 radical (unpaired) electrons. The molecular formula is C14H15BrClNO3. The highest BCUT2D eigenvalue weighted by Gasteiger charge is 2.41. The molecule has 1 spiro atoms. The number of hydrogen-bond acceptors (Lipinski definition) is 3. The van der Waals surface area contributed by atoms with Gasteiger partial charge in [-0.3, -0.25) is 4.79 Å². The summed E-state index contributed by atoms with van der Waals surface area (Å²) in [5, 5.41) is 0.470. The van der Waals surface area contributed by atoms with E-state index in [2.05, 4.69) is 15.9 Å². The third-order valence-corrected chi connectivity index (χ3v) is 4.59. The summed E-state index contributed by atoms with van der Waals surface area (Å²) in [5.41, 5.74) is 0.541. The number of amides is 1. The molecule has 0 atom stereocenters. The fraction of sp³-hybridized carbons (Fsp3) is 0.500. The Morgan fingerprint density at radius 2 is 1.90 bits per heavy atom. The molecule has 6 heteroatoms. The summed E-state index contributed by atoms with van der Waals surface area (Å²) in [4.78, 5) is 14.3. The summed E-state index contributed by atoms with van der Waals surface area (Å²) in [5.74, 6) is -0.490. The second-order valence-electron chi connectivity index (χ2n) is 5.02. The average molecular weight is 361 g/mol. The summed E-state index contributed by atoms with van der Waals surface area (Å²) in [7, 11) is 0. The minimum Gasteiger partial charge on any atom is -0.347 e. The van der Waals surface area contributed by atoms with Crippen molar-refractivity contribution in [2.45, 2.75) is 18.6 Å². The van der Waals surface area contributed by atoms with Gasteiger partial charge in [-0.25, -0.2) is 0 Å². The number of ether oxygens (including phenoxy) is 2. The minimum atomic E-state index is -0.458. The highest BCUT2D eigenvalue weighted by atomic mass is 79.9. The zero-order valence-electron chi connectivity index (χ0n) is 10.9. The van der Waals surface area contributed by atoms with Gasteiger partial charge < -0.3 is 14.4 Å². The van der Waals surface area contributed by atoms with Crippen LogP contribution in [0.15, 0.2) is 22.7 Å². The number of hydrogen-bond donors (Lipinski definition) is 0. The first-order valence-corrected chi connectivity index (χ1v) is 7.79. The summed E-state index contributed by atoms with van der Waals surface area (Å²) in [6.07, 6.45) is 1.43. The van der Waals surface area contributed by atoms with E-state index in [0.29, 0.717) is 49.7 Å². The van der Waals surface area contributed by atoms with Crippen LogP contribution in [0.1, 0.15) is 23.2 Å². The summed E-state index contributed by atoms with van der Waals surface area (Å²) < 4.78 is 12.2. The molecule has 1 aromatic rings. The zero-order valence-corrected chi connectivity index (χ0v) is 13.2. The fourth-order valence-corrected chi connectivity index (χ4v) is 3.42. The molecule has 4 nitrogen and oxygen atoms in total. The average Bonchev–Trinajstić information content (AvgIpc) is 2.87. The smallest absolute Gasteiger partial charge is 0.255 e. The van der Waals surface area contributed by atoms with Crippen LogP contribution in [0, 0.1) is 0 Å². The lowest BCUT2D eigenvalue weighted by molar-refractivity contribution is -0.181. The lowest BCUT2D eigenvalue weighted by atomic mass is 10.0. The Hall–Kier alpha value is -0.620. The van der Waals surface area contributed by atoms with Crippen LogP contribution in [0.3, 0.4) is 0 Å². The Morgan fingerprint density at radius 3 is 2.50 bits per heavy atom. The molecule has 2 fully saturated rings. The number of nitrogens with zero attached hydrogens (tertiary/aromatic N) is 1. The molecule has 2 aliphatic rings. The van der Waals surface area contributed by atoms with Crippen LogP contribution < -0.4 is 0 Å². The van der Waals surface area contributed by atoms with E-state index in [9.17, 15) is 4.79 Å². The molecule has 108 valence electrons. The highest BCUT2D eigenvalue weighted by molar-refractivity contribution is 9.10. The lowest BCUT2D eigenvalue weighted by Crippen LogP contribution is -2.47. The van der Waals surface area contributed by atoms with Crippen molar-refractivity contribution in [3.05, 3.63) is 33.3 Å². The predicted octanol–water partition coefficient (Wildman–Crippen LogP) is 3.08. The molecule has 1 amide bonds. The normalized spacial score (nSPS) is 21.4. The zero-order chi connectivity index (χ0) is 14.2. The SMILES string of the molecule is O=C(c1ccc(Br)cc1Cl)N1CCC2(CC1)OCCO2. The number of benzene rings is 1. The van der Waals surface area contributed by atoms with Gasteiger partial charge in [0.1, 0.15) is 0 Å². The van der Waals surface area contributed by atoms with Crippen molar-refractivity contribution >= 4 is 33.4 Å². The third-order valence-electron chi connectivity index (χ3n) is 3.79. The first-order chi connectivity index (χ1) is 9.60. The Kier molecular flexibility index (Phi) is 4.04. The van der Waals surface area contributed by atoms with E-state index >= 15 is 0 Å². The number of likely N-dealkylation sites (tertiary alicyclic amines) is 1. The second kappa shape index (κ2) is 5.64. The van der Waals surface area contributed by atoms with E-state index in [0.717, 1.165) is 4.47 Å². The molecule has 20 heavy (non-hydrogen) atoms. The van der Waals surface area contributed by atoms with E-state index in [4.69, 9.17) is 21.1 Å². The second-order valence-corrected chi connectivity index (χ2v) is 6.35. The topological polar surface area (TPSA) is 38.8 Å². The molecule has 0 bridgehead atoms. The molecule has 1 aromatic carbocycles. The summed E-state index contributed by atoms with van der Waals surface area (Å²) >= 11 is 9.48. The van der Waals surface area contributed by atoms with Crippen LogP contribution in [0.5, 0.6) is 0 Å². The van der Waals surface area contributed by atoms with Crippen LogP contribution in [0.4, 0.5) is 0 Å². The third kappa shape index (κ3) is 2.72. The fourth-order valence-electron chi connectivity index (χ4n) is 2.67. The van der Waals surface area contributed by atoms with Gasteiger partial charge in [-0.15, -0.1) is 0 Å². The van der Waals surface area contributed by atoms with E-state index in [1.165, 1.54) is 0 Å². The van der Waals surface area contributed by atoms with Gasteiger partial charge in [0.2, 0.25) is 0 Å². The van der Waals surface area contributed by atoms with Gasteiger partial charge in [-0.1, -0.05) is 27.5 Å². The molecule has 0 aliphatic carbocycles. The van der Waals surface area contributed by atoms with Crippen LogP contribution >= 0.6 is 27.5 Å². The lowest BCUT2D eigenvalue weighted by Gasteiger charge is -2.37. The number of halogens is 2. The Labute approximate surface area is 131 Å². The van der Waals surface area contributed by atoms with E-state index in [1.54, 1.807) is 12.1 Å². The van der Waals surface area contributed by atoms with Crippen molar-refractivity contribution < 1.29 is 14.3 Å². The largest absolute Gasteiger partial charge is 0.347 e. The molecule has 2 aliphatic heterocycles. The van der Waals surface area contributed by atoms with E-state index in [-0.39, 0.29) is 5.91 Å². The maximum absolute atomic E-state index is 12.5. The van der Waals surface area contributed by atoms with Crippen molar-refractivity contribution in [3.8, 4) is 0 Å². The number of rotatable bonds is 1. The standard InChI is InChI=1S/C14H15BrClNO3/c15-10-1-2-11(12(16)9-10)13(18)17-5-3-14(4-6-17)19-7-8-20-14/h1-2,9H,3-8H2. The van der Waals surface area contributed by atoms with Gasteiger partial charge in [-0.2, -0.15) is 0 Å². The van der Waals surface area contributed by atoms with Gasteiger partial charge in [0, 0.05) is 30.4 Å². The van der Waals surface area contributed by atoms with Crippen molar-refractivity contribution in [2.24, 2.45) is 0 Å². The van der Waals surface area contributed by atoms with Crippen molar-refractivity contribution in [2.75, 3.05) is 26.3 Å². The van der Waals surface area contributed by atoms with Gasteiger partial charge >= 0.3 is 0 Å². The van der Waals surface area contributed by atoms with Crippen molar-refractivity contribution in [1.29, 1.82) is 0 Å². The molecule has 2 saturated heterocycles. The van der Waals surface area contributed by atoms with Gasteiger partial charge in [-0.05, 0) is 18.2 Å². The van der Waals surface area contributed by atoms with Crippen LogP contribution in [0.25, 0.3) is 0 Å². The first kappa shape index (κ1) is 14.3. The molecule has 0 saturated carbocycles. The number of carbonyl (C=O) groups is 1. The van der Waals surface area contributed by atoms with Crippen molar-refractivity contribution in [3.63, 3.8) is 0 Å². The quantitative estimate of drug-likeness (QED) is 0.772. The molecule has 0 unspecified atom stereocenters. The number of piperidine rings is 1. The maximum atomic E-state index is 12.5. The van der Waals surface area contributed by atoms with E-state index < -0.39 is 5.79 Å². The van der Waals surface area contributed by atoms with Gasteiger partial charge in [0.05, 0.1) is 23.8 Å². The minimum absolute atomic E-state index is 0.0321. The summed E-state index contributed by atoms with van der Waals surface area (Å²) in [6.45, 7) is 2.55. The Bertz CT molecular complexity index is 521. The van der Waals surface area contributed by atoms with Crippen molar-refractivity contribution in [1.82, 2.24) is 4.90 Å². The Morgan fingerprint density at radius 1 is 1.25 bits per heavy atom. The van der Waals surface area contributed by atoms with Crippen LogP contribution in [-0.2, 0) is 9.47 Å². The highest BCUT2D eigenvalue weighted by Crippen LogP contribution is 2.32. The summed E-state index contributed by atoms with van der Waals surface area (Å²) in [6, 6.07) is 5.32. The first-order valence-electron chi connectivity index (χ1n) is 6.62. The van der Waals surface area contributed by atoms with Crippen LogP contribution in [0.2, 0.25) is 5.02 Å². The predicted molar refractivity (Wildman–Crippen MR) is 78.9 cm³/mol. The molecule has 2 heterocycles. The molecule has 3 rings (SSSR count). The molecule has 0 N–H and O–H groups in total. The van der Waals surface area contributed by atoms with Gasteiger partial charge in [0.15, 0.2) is 5.79 Å². The molecular weight excluding hydrogens is 346 g/mol. The Balaban J connectivity index is 1.69. The van der Waals surface area contributed by atoms with Crippen LogP contribution in [-0.4, -0.2) is 42.9 Å². The van der Waals surface area contributed by atoms with Gasteiger partial charge in [0.25, 0.3) is 5.91 Å². The maximum Gasteiger partial charge on any atom is 0.255 e. The number of carbonyl (C=O) groups excluding carboxylic acids is 1. The monoisotopic (exact) mass is 359 g/mol. The molecule has 0 aromatic heterocycles. The van der Waals surface area contributed by atoms with E-state index in [1.807, 2.05) is 11.0 Å².